The zero-order valence-electron chi connectivity index (χ0n) is 18.0. The molecule has 0 atom stereocenters. The van der Waals surface area contributed by atoms with Crippen LogP contribution in [0.1, 0.15) is 0 Å². The quantitative estimate of drug-likeness (QED) is 0.231. The Hall–Kier alpha value is -3.52. The monoisotopic (exact) mass is 565 g/mol. The van der Waals surface area contributed by atoms with E-state index in [0.717, 1.165) is 33.6 Å². The van der Waals surface area contributed by atoms with Gasteiger partial charge >= 0.3 is 0 Å². The highest BCUT2D eigenvalue weighted by Crippen LogP contribution is 2.35. The van der Waals surface area contributed by atoms with Gasteiger partial charge < -0.3 is 9.72 Å². The number of ether oxygens (including phenoxy) is 1. The lowest BCUT2D eigenvalue weighted by molar-refractivity contribution is 0.415. The first kappa shape index (κ1) is 22.3. The predicted octanol–water partition coefficient (Wildman–Crippen LogP) is 7.42. The lowest BCUT2D eigenvalue weighted by atomic mass is 9.95. The lowest BCUT2D eigenvalue weighted by Gasteiger charge is -2.14. The molecule has 34 heavy (non-hydrogen) atoms. The van der Waals surface area contributed by atoms with Gasteiger partial charge in [-0.25, -0.2) is 8.78 Å². The van der Waals surface area contributed by atoms with Crippen LogP contribution in [0, 0.1) is 15.2 Å². The number of H-pyrrole nitrogens is 1. The highest BCUT2D eigenvalue weighted by atomic mass is 127. The van der Waals surface area contributed by atoms with E-state index in [1.807, 2.05) is 36.4 Å². The molecule has 0 amide bonds. The van der Waals surface area contributed by atoms with Gasteiger partial charge in [0.05, 0.1) is 21.9 Å². The average Bonchev–Trinajstić information content (AvgIpc) is 2.87. The molecule has 3 nitrogen and oxygen atoms in total. The molecular formula is C28H18F2INO2. The summed E-state index contributed by atoms with van der Waals surface area (Å²) in [5, 5.41) is 0.503. The largest absolute Gasteiger partial charge is 0.497 e. The molecule has 0 spiro atoms. The Morgan fingerprint density at radius 2 is 1.29 bits per heavy atom. The molecule has 0 radical (unpaired) electrons. The number of methoxy groups -OCH3 is 1. The van der Waals surface area contributed by atoms with Gasteiger partial charge in [0.1, 0.15) is 17.4 Å². The molecule has 1 heterocycles. The van der Waals surface area contributed by atoms with Crippen molar-refractivity contribution in [3.8, 4) is 39.3 Å². The molecule has 0 unspecified atom stereocenters. The van der Waals surface area contributed by atoms with Gasteiger partial charge in [-0.1, -0.05) is 24.3 Å². The molecule has 0 fully saturated rings. The molecule has 4 aromatic carbocycles. The summed E-state index contributed by atoms with van der Waals surface area (Å²) in [5.74, 6) is 0.0439. The van der Waals surface area contributed by atoms with Crippen molar-refractivity contribution in [3.63, 3.8) is 0 Å². The van der Waals surface area contributed by atoms with Crippen LogP contribution in [-0.2, 0) is 0 Å². The normalized spacial score (nSPS) is 11.1. The van der Waals surface area contributed by atoms with Crippen molar-refractivity contribution in [1.82, 2.24) is 4.98 Å². The van der Waals surface area contributed by atoms with Crippen LogP contribution in [0.4, 0.5) is 8.78 Å². The SMILES string of the molecule is COc1ccc(-c2[nH]c3c(-c4ccc(F)cc4)cc(-c4ccc(F)cc4)cc3c(=O)c2I)cc1. The summed E-state index contributed by atoms with van der Waals surface area (Å²) < 4.78 is 33.0. The van der Waals surface area contributed by atoms with Crippen molar-refractivity contribution >= 4 is 33.5 Å². The van der Waals surface area contributed by atoms with E-state index in [2.05, 4.69) is 27.6 Å². The first-order valence-electron chi connectivity index (χ1n) is 10.5. The number of hydrogen-bond acceptors (Lipinski definition) is 2. The Balaban J connectivity index is 1.81. The molecule has 5 aromatic rings. The highest BCUT2D eigenvalue weighted by Gasteiger charge is 2.17. The number of fused-ring (bicyclic) bond motifs is 1. The topological polar surface area (TPSA) is 42.1 Å². The summed E-state index contributed by atoms with van der Waals surface area (Å²) in [7, 11) is 1.60. The van der Waals surface area contributed by atoms with Gasteiger partial charge in [-0.05, 0) is 106 Å². The maximum Gasteiger partial charge on any atom is 0.203 e. The highest BCUT2D eigenvalue weighted by molar-refractivity contribution is 14.1. The fourth-order valence-corrected chi connectivity index (χ4v) is 4.73. The number of rotatable bonds is 4. The van der Waals surface area contributed by atoms with Crippen LogP contribution in [0.2, 0.25) is 0 Å². The van der Waals surface area contributed by atoms with Crippen LogP contribution in [0.25, 0.3) is 44.4 Å². The molecule has 1 aromatic heterocycles. The predicted molar refractivity (Wildman–Crippen MR) is 140 cm³/mol. The van der Waals surface area contributed by atoms with Crippen LogP contribution in [0.15, 0.2) is 89.7 Å². The van der Waals surface area contributed by atoms with Crippen LogP contribution in [-0.4, -0.2) is 12.1 Å². The zero-order valence-corrected chi connectivity index (χ0v) is 20.2. The molecule has 0 aliphatic carbocycles. The van der Waals surface area contributed by atoms with Crippen molar-refractivity contribution in [2.45, 2.75) is 0 Å². The van der Waals surface area contributed by atoms with Gasteiger partial charge in [-0.2, -0.15) is 0 Å². The second-order valence-corrected chi connectivity index (χ2v) is 8.91. The zero-order chi connectivity index (χ0) is 23.8. The number of nitrogens with one attached hydrogen (secondary N) is 1. The molecular weight excluding hydrogens is 547 g/mol. The smallest absolute Gasteiger partial charge is 0.203 e. The number of hydrogen-bond donors (Lipinski definition) is 1. The van der Waals surface area contributed by atoms with Crippen LogP contribution in [0.5, 0.6) is 5.75 Å². The van der Waals surface area contributed by atoms with Crippen LogP contribution >= 0.6 is 22.6 Å². The number of aromatic amines is 1. The molecule has 0 saturated carbocycles. The number of pyridine rings is 1. The maximum absolute atomic E-state index is 13.7. The summed E-state index contributed by atoms with van der Waals surface area (Å²) in [6, 6.07) is 23.5. The molecule has 1 N–H and O–H groups in total. The van der Waals surface area contributed by atoms with E-state index in [0.29, 0.717) is 20.2 Å². The van der Waals surface area contributed by atoms with E-state index in [9.17, 15) is 13.6 Å². The van der Waals surface area contributed by atoms with Crippen LogP contribution in [0.3, 0.4) is 0 Å². The van der Waals surface area contributed by atoms with Gasteiger partial charge in [-0.3, -0.25) is 4.79 Å². The summed E-state index contributed by atoms with van der Waals surface area (Å²) >= 11 is 2.06. The maximum atomic E-state index is 13.7. The lowest BCUT2D eigenvalue weighted by Crippen LogP contribution is -2.10. The molecule has 0 bridgehead atoms. The molecule has 0 aliphatic heterocycles. The summed E-state index contributed by atoms with van der Waals surface area (Å²) in [4.78, 5) is 17.0. The Morgan fingerprint density at radius 1 is 0.735 bits per heavy atom. The third-order valence-electron chi connectivity index (χ3n) is 5.76. The van der Waals surface area contributed by atoms with Gasteiger partial charge in [0, 0.05) is 10.9 Å². The van der Waals surface area contributed by atoms with Crippen molar-refractivity contribution in [3.05, 3.63) is 110 Å². The van der Waals surface area contributed by atoms with Crippen molar-refractivity contribution in [2.24, 2.45) is 0 Å². The Labute approximate surface area is 208 Å². The minimum atomic E-state index is -0.343. The van der Waals surface area contributed by atoms with E-state index < -0.39 is 0 Å². The van der Waals surface area contributed by atoms with E-state index in [1.165, 1.54) is 24.3 Å². The second kappa shape index (κ2) is 9.02. The van der Waals surface area contributed by atoms with Crippen molar-refractivity contribution in [1.29, 1.82) is 0 Å². The minimum absolute atomic E-state index is 0.118. The van der Waals surface area contributed by atoms with Gasteiger partial charge in [0.25, 0.3) is 0 Å². The fraction of sp³-hybridized carbons (Fsp3) is 0.0357. The van der Waals surface area contributed by atoms with E-state index in [1.54, 1.807) is 31.4 Å². The molecule has 0 saturated heterocycles. The molecule has 168 valence electrons. The summed E-state index contributed by atoms with van der Waals surface area (Å²) in [6.07, 6.45) is 0. The Bertz CT molecular complexity index is 1560. The number of benzene rings is 4. The van der Waals surface area contributed by atoms with Crippen molar-refractivity contribution in [2.75, 3.05) is 7.11 Å². The first-order valence-corrected chi connectivity index (χ1v) is 11.6. The molecule has 0 aliphatic rings. The van der Waals surface area contributed by atoms with Crippen molar-refractivity contribution < 1.29 is 13.5 Å². The van der Waals surface area contributed by atoms with E-state index in [-0.39, 0.29) is 17.1 Å². The third kappa shape index (κ3) is 4.09. The second-order valence-electron chi connectivity index (χ2n) is 7.83. The Kier molecular flexibility index (Phi) is 5.91. The number of halogens is 3. The van der Waals surface area contributed by atoms with Gasteiger partial charge in [0.2, 0.25) is 5.43 Å². The van der Waals surface area contributed by atoms with Gasteiger partial charge in [-0.15, -0.1) is 0 Å². The Morgan fingerprint density at radius 3 is 1.88 bits per heavy atom. The summed E-state index contributed by atoms with van der Waals surface area (Å²) in [5.41, 5.74) is 5.12. The van der Waals surface area contributed by atoms with Crippen LogP contribution < -0.4 is 10.2 Å². The fourth-order valence-electron chi connectivity index (χ4n) is 3.99. The van der Waals surface area contributed by atoms with E-state index in [4.69, 9.17) is 4.74 Å². The standard InChI is InChI=1S/C28H18F2INO2/c1-34-22-12-6-18(7-13-22)26-25(31)28(33)24-15-19(16-2-8-20(29)9-3-16)14-23(27(24)32-26)17-4-10-21(30)11-5-17/h2-15H,1H3,(H,32,33). The summed E-state index contributed by atoms with van der Waals surface area (Å²) in [6.45, 7) is 0. The minimum Gasteiger partial charge on any atom is -0.497 e. The molecule has 5 rings (SSSR count). The molecule has 6 heteroatoms. The number of aromatic nitrogens is 1. The van der Waals surface area contributed by atoms with Gasteiger partial charge in [0.15, 0.2) is 0 Å². The first-order chi connectivity index (χ1) is 16.4. The van der Waals surface area contributed by atoms with E-state index >= 15 is 0 Å². The average molecular weight is 565 g/mol. The third-order valence-corrected chi connectivity index (χ3v) is 6.79.